The van der Waals surface area contributed by atoms with Crippen molar-refractivity contribution in [3.8, 4) is 5.88 Å². The van der Waals surface area contributed by atoms with Gasteiger partial charge in [-0.15, -0.1) is 0 Å². The van der Waals surface area contributed by atoms with Crippen molar-refractivity contribution in [2.24, 2.45) is 0 Å². The maximum absolute atomic E-state index is 12.7. The third kappa shape index (κ3) is 3.43. The first kappa shape index (κ1) is 10.6. The van der Waals surface area contributed by atoms with Crippen LogP contribution in [0, 0.1) is 9.52 Å². The summed E-state index contributed by atoms with van der Waals surface area (Å²) < 4.78 is 18.3. The summed E-state index contributed by atoms with van der Waals surface area (Å²) in [6.07, 6.45) is -0.487. The van der Waals surface area contributed by atoms with Gasteiger partial charge < -0.3 is 9.84 Å². The molecule has 3 nitrogen and oxygen atoms in total. The minimum atomic E-state index is -0.926. The summed E-state index contributed by atoms with van der Waals surface area (Å²) in [5.41, 5.74) is 0. The second-order valence-corrected chi connectivity index (χ2v) is 3.67. The van der Waals surface area contributed by atoms with Crippen LogP contribution in [0.3, 0.4) is 0 Å². The molecule has 13 heavy (non-hydrogen) atoms. The fraction of sp³-hybridized carbons (Fsp3) is 0.375. The highest BCUT2D eigenvalue weighted by Crippen LogP contribution is 2.15. The highest BCUT2D eigenvalue weighted by Gasteiger charge is 2.06. The van der Waals surface area contributed by atoms with Crippen LogP contribution in [0.15, 0.2) is 12.1 Å². The van der Waals surface area contributed by atoms with Crippen LogP contribution < -0.4 is 4.74 Å². The van der Waals surface area contributed by atoms with Gasteiger partial charge in [-0.05, 0) is 22.6 Å². The summed E-state index contributed by atoms with van der Waals surface area (Å²) in [6.45, 7) is 1.76. The van der Waals surface area contributed by atoms with E-state index in [1.165, 1.54) is 6.07 Å². The predicted molar refractivity (Wildman–Crippen MR) is 53.8 cm³/mol. The van der Waals surface area contributed by atoms with Gasteiger partial charge in [-0.1, -0.05) is 6.92 Å². The van der Waals surface area contributed by atoms with Gasteiger partial charge in [0.05, 0.1) is 0 Å². The molecule has 0 fully saturated rings. The number of hydrogen-bond donors (Lipinski definition) is 1. The first-order valence-electron chi connectivity index (χ1n) is 3.79. The summed E-state index contributed by atoms with van der Waals surface area (Å²) in [5, 5.41) is 9.11. The summed E-state index contributed by atoms with van der Waals surface area (Å²) in [7, 11) is 0. The van der Waals surface area contributed by atoms with E-state index in [1.807, 2.05) is 22.6 Å². The molecule has 0 saturated carbocycles. The third-order valence-electron chi connectivity index (χ3n) is 1.34. The fourth-order valence-corrected chi connectivity index (χ4v) is 1.25. The van der Waals surface area contributed by atoms with Crippen LogP contribution in [0.25, 0.3) is 0 Å². The fourth-order valence-electron chi connectivity index (χ4n) is 0.726. The Bertz CT molecular complexity index is 275. The number of nitrogens with zero attached hydrogens (tertiary/aromatic N) is 1. The van der Waals surface area contributed by atoms with Crippen LogP contribution in [-0.2, 0) is 0 Å². The smallest absolute Gasteiger partial charge is 0.219 e. The number of halogens is 2. The molecule has 0 saturated heterocycles. The lowest BCUT2D eigenvalue weighted by Crippen LogP contribution is -2.14. The van der Waals surface area contributed by atoms with E-state index in [4.69, 9.17) is 9.84 Å². The molecule has 0 aliphatic carbocycles. The average molecular weight is 297 g/mol. The molecule has 1 N–H and O–H groups in total. The van der Waals surface area contributed by atoms with Crippen LogP contribution in [-0.4, -0.2) is 16.4 Å². The van der Waals surface area contributed by atoms with E-state index < -0.39 is 12.2 Å². The molecule has 5 heteroatoms. The van der Waals surface area contributed by atoms with E-state index in [-0.39, 0.29) is 5.88 Å². The van der Waals surface area contributed by atoms with Gasteiger partial charge in [-0.3, -0.25) is 0 Å². The van der Waals surface area contributed by atoms with Crippen molar-refractivity contribution < 1.29 is 14.2 Å². The summed E-state index contributed by atoms with van der Waals surface area (Å²) in [5.74, 6) is -0.496. The Morgan fingerprint density at radius 1 is 1.69 bits per heavy atom. The van der Waals surface area contributed by atoms with Gasteiger partial charge >= 0.3 is 0 Å². The molecule has 1 unspecified atom stereocenters. The molecule has 0 bridgehead atoms. The van der Waals surface area contributed by atoms with Crippen molar-refractivity contribution in [3.63, 3.8) is 0 Å². The molecule has 1 rings (SSSR count). The topological polar surface area (TPSA) is 42.4 Å². The minimum absolute atomic E-state index is 0.110. The molecular formula is C8H9FINO2. The molecule has 1 aromatic rings. The number of rotatable bonds is 3. The van der Waals surface area contributed by atoms with Crippen molar-refractivity contribution in [2.75, 3.05) is 0 Å². The first-order valence-corrected chi connectivity index (χ1v) is 4.87. The van der Waals surface area contributed by atoms with Gasteiger partial charge in [0.1, 0.15) is 0 Å². The standard InChI is InChI=1S/C8H9FINO2/c1-2-8(12)13-7-4-5(10)3-6(9)11-7/h3-4,8,12H,2H2,1H3. The van der Waals surface area contributed by atoms with Gasteiger partial charge in [-0.25, -0.2) is 0 Å². The molecule has 0 spiro atoms. The zero-order valence-electron chi connectivity index (χ0n) is 7.00. The van der Waals surface area contributed by atoms with E-state index in [0.29, 0.717) is 9.99 Å². The lowest BCUT2D eigenvalue weighted by atomic mass is 10.4. The lowest BCUT2D eigenvalue weighted by molar-refractivity contribution is -0.0228. The number of aliphatic hydroxyl groups is 1. The number of aromatic nitrogens is 1. The molecule has 0 aromatic carbocycles. The number of aliphatic hydroxyl groups excluding tert-OH is 1. The van der Waals surface area contributed by atoms with E-state index >= 15 is 0 Å². The Kier molecular flexibility index (Phi) is 3.86. The molecular weight excluding hydrogens is 288 g/mol. The van der Waals surface area contributed by atoms with E-state index in [1.54, 1.807) is 13.0 Å². The monoisotopic (exact) mass is 297 g/mol. The molecule has 72 valence electrons. The van der Waals surface area contributed by atoms with Crippen LogP contribution in [0.4, 0.5) is 4.39 Å². The van der Waals surface area contributed by atoms with Gasteiger partial charge in [-0.2, -0.15) is 9.37 Å². The first-order chi connectivity index (χ1) is 6.11. The number of hydrogen-bond acceptors (Lipinski definition) is 3. The molecule has 1 heterocycles. The molecule has 0 aliphatic rings. The maximum atomic E-state index is 12.7. The van der Waals surface area contributed by atoms with Gasteiger partial charge in [0.25, 0.3) is 0 Å². The zero-order valence-corrected chi connectivity index (χ0v) is 9.16. The highest BCUT2D eigenvalue weighted by molar-refractivity contribution is 14.1. The third-order valence-corrected chi connectivity index (χ3v) is 1.96. The minimum Gasteiger partial charge on any atom is -0.448 e. The van der Waals surface area contributed by atoms with Crippen LogP contribution in [0.5, 0.6) is 5.88 Å². The van der Waals surface area contributed by atoms with E-state index in [0.717, 1.165) is 0 Å². The highest BCUT2D eigenvalue weighted by atomic mass is 127. The molecule has 0 aliphatic heterocycles. The van der Waals surface area contributed by atoms with Gasteiger partial charge in [0, 0.05) is 22.1 Å². The van der Waals surface area contributed by atoms with Crippen molar-refractivity contribution in [1.29, 1.82) is 0 Å². The normalized spacial score (nSPS) is 12.6. The molecule has 0 radical (unpaired) electrons. The Morgan fingerprint density at radius 3 is 2.92 bits per heavy atom. The van der Waals surface area contributed by atoms with E-state index in [2.05, 4.69) is 4.98 Å². The summed E-state index contributed by atoms with van der Waals surface area (Å²) in [4.78, 5) is 3.47. The quantitative estimate of drug-likeness (QED) is 0.526. The van der Waals surface area contributed by atoms with Crippen LogP contribution in [0.1, 0.15) is 13.3 Å². The van der Waals surface area contributed by atoms with E-state index in [9.17, 15) is 4.39 Å². The van der Waals surface area contributed by atoms with Crippen molar-refractivity contribution in [3.05, 3.63) is 21.7 Å². The number of ether oxygens (including phenoxy) is 1. The largest absolute Gasteiger partial charge is 0.448 e. The Morgan fingerprint density at radius 2 is 2.38 bits per heavy atom. The lowest BCUT2D eigenvalue weighted by Gasteiger charge is -2.09. The van der Waals surface area contributed by atoms with Gasteiger partial charge in [0.15, 0.2) is 6.29 Å². The maximum Gasteiger partial charge on any atom is 0.219 e. The average Bonchev–Trinajstić information content (AvgIpc) is 2.02. The Balaban J connectivity index is 2.77. The Hall–Kier alpha value is -0.430. The predicted octanol–water partition coefficient (Wildman–Crippen LogP) is 1.93. The molecule has 1 aromatic heterocycles. The number of pyridine rings is 1. The molecule has 1 atom stereocenters. The van der Waals surface area contributed by atoms with Crippen LogP contribution >= 0.6 is 22.6 Å². The Labute approximate surface area is 89.1 Å². The summed E-state index contributed by atoms with van der Waals surface area (Å²) in [6, 6.07) is 2.84. The van der Waals surface area contributed by atoms with Crippen molar-refractivity contribution in [1.82, 2.24) is 4.98 Å². The second kappa shape index (κ2) is 4.71. The summed E-state index contributed by atoms with van der Waals surface area (Å²) >= 11 is 1.95. The van der Waals surface area contributed by atoms with Crippen molar-refractivity contribution >= 4 is 22.6 Å². The van der Waals surface area contributed by atoms with Gasteiger partial charge in [0.2, 0.25) is 11.8 Å². The molecule has 0 amide bonds. The van der Waals surface area contributed by atoms with Crippen molar-refractivity contribution in [2.45, 2.75) is 19.6 Å². The van der Waals surface area contributed by atoms with Crippen LogP contribution in [0.2, 0.25) is 0 Å². The second-order valence-electron chi connectivity index (χ2n) is 2.43. The SMILES string of the molecule is CCC(O)Oc1cc(I)cc(F)n1. The zero-order chi connectivity index (χ0) is 9.84.